The number of oxime groups is 1. The Hall–Kier alpha value is -4.30. The van der Waals surface area contributed by atoms with Crippen LogP contribution in [0, 0.1) is 0 Å². The van der Waals surface area contributed by atoms with Gasteiger partial charge in [0.2, 0.25) is 0 Å². The van der Waals surface area contributed by atoms with E-state index in [9.17, 15) is 34.2 Å². The first-order chi connectivity index (χ1) is 20.3. The number of aliphatic imine (C=N–C) groups is 1. The standard InChI is InChI=1S/C23H26N8O9S3/c1-8(3-12(32)33)40-29-13(11-7-42-22(25)26-11)17(34)27-14-18(35)31-15(21(38)39)9(5-41-19(14)31)6-43-23-28-16(24)10(20(36)37)4-30(23)2/h7-8,14,19H,3-6,24H2,1-2H3,(H2,25,26)(H,27,34)(H,32,33)(H,36,37)(H,38,39)/b29-13-/t8?,14?,19-/m0/s1. The lowest BCUT2D eigenvalue weighted by Crippen LogP contribution is -2.71. The third kappa shape index (κ3) is 6.86. The van der Waals surface area contributed by atoms with Crippen LogP contribution in [0.4, 0.5) is 5.13 Å². The van der Waals surface area contributed by atoms with Crippen molar-refractivity contribution in [2.24, 2.45) is 15.9 Å². The monoisotopic (exact) mass is 654 g/mol. The lowest BCUT2D eigenvalue weighted by atomic mass is 10.0. The van der Waals surface area contributed by atoms with Crippen molar-refractivity contribution in [3.05, 3.63) is 33.7 Å². The number of hydrogen-bond donors (Lipinski definition) is 6. The average molecular weight is 655 g/mol. The number of nitrogens with two attached hydrogens (primary N) is 2. The molecule has 43 heavy (non-hydrogen) atoms. The van der Waals surface area contributed by atoms with Gasteiger partial charge < -0.3 is 41.8 Å². The van der Waals surface area contributed by atoms with Crippen LogP contribution < -0.4 is 16.8 Å². The zero-order chi connectivity index (χ0) is 31.6. The van der Waals surface area contributed by atoms with Crippen LogP contribution in [0.1, 0.15) is 19.0 Å². The summed E-state index contributed by atoms with van der Waals surface area (Å²) in [5.41, 5.74) is 11.3. The number of aliphatic carboxylic acids is 3. The van der Waals surface area contributed by atoms with E-state index in [2.05, 4.69) is 20.4 Å². The highest BCUT2D eigenvalue weighted by Crippen LogP contribution is 2.41. The fourth-order valence-corrected chi connectivity index (χ4v) is 7.16. The molecule has 4 rings (SSSR count). The number of nitrogens with zero attached hydrogens (tertiary/aromatic N) is 5. The van der Waals surface area contributed by atoms with Crippen LogP contribution in [-0.2, 0) is 28.8 Å². The van der Waals surface area contributed by atoms with E-state index in [1.807, 2.05) is 0 Å². The third-order valence-electron chi connectivity index (χ3n) is 6.18. The molecule has 3 aliphatic heterocycles. The molecule has 1 saturated heterocycles. The van der Waals surface area contributed by atoms with Crippen molar-refractivity contribution in [3.8, 4) is 0 Å². The van der Waals surface area contributed by atoms with Crippen molar-refractivity contribution in [1.82, 2.24) is 20.1 Å². The smallest absolute Gasteiger partial charge is 0.352 e. The molecule has 2 amide bonds. The zero-order valence-electron chi connectivity index (χ0n) is 22.5. The first-order valence-corrected chi connectivity index (χ1v) is 15.2. The van der Waals surface area contributed by atoms with Gasteiger partial charge in [0.05, 0.1) is 18.5 Å². The number of carbonyl (C=O) groups is 5. The van der Waals surface area contributed by atoms with E-state index in [1.54, 1.807) is 11.9 Å². The first kappa shape index (κ1) is 31.6. The molecule has 20 heteroatoms. The Balaban J connectivity index is 1.49. The summed E-state index contributed by atoms with van der Waals surface area (Å²) in [7, 11) is 1.63. The largest absolute Gasteiger partial charge is 0.481 e. The number of hydrogen-bond acceptors (Lipinski definition) is 15. The number of amidine groups is 1. The number of anilines is 1. The highest BCUT2D eigenvalue weighted by Gasteiger charge is 2.54. The van der Waals surface area contributed by atoms with Gasteiger partial charge in [0.15, 0.2) is 16.0 Å². The van der Waals surface area contributed by atoms with Crippen molar-refractivity contribution < 1.29 is 44.1 Å². The van der Waals surface area contributed by atoms with E-state index in [0.717, 1.165) is 28.0 Å². The molecular weight excluding hydrogens is 629 g/mol. The molecule has 3 aliphatic rings. The number of thioether (sulfide) groups is 2. The van der Waals surface area contributed by atoms with Crippen molar-refractivity contribution in [1.29, 1.82) is 0 Å². The molecule has 0 spiro atoms. The number of nitrogens with one attached hydrogen (secondary N) is 1. The molecule has 1 fully saturated rings. The fourth-order valence-electron chi connectivity index (χ4n) is 4.14. The SMILES string of the molecule is CC(CC(=O)O)O/N=C(\C(=O)NC1C(=O)N2C(C(=O)O)=C(CSC3=NC(N)=C(C(=O)O)CN3C)CS[C@@H]12)c1csc(N)n1. The molecule has 0 saturated carbocycles. The molecule has 17 nitrogen and oxygen atoms in total. The molecule has 8 N–H and O–H groups in total. The second kappa shape index (κ2) is 12.9. The topological polar surface area (TPSA) is 263 Å². The van der Waals surface area contributed by atoms with E-state index in [0.29, 0.717) is 10.7 Å². The highest BCUT2D eigenvalue weighted by molar-refractivity contribution is 8.14. The number of rotatable bonds is 11. The Morgan fingerprint density at radius 1 is 1.26 bits per heavy atom. The number of β-lactam (4-membered cyclic amide) rings is 1. The minimum Gasteiger partial charge on any atom is -0.481 e. The van der Waals surface area contributed by atoms with Crippen LogP contribution in [-0.4, -0.2) is 113 Å². The summed E-state index contributed by atoms with van der Waals surface area (Å²) in [6.45, 7) is 1.46. The summed E-state index contributed by atoms with van der Waals surface area (Å²) in [4.78, 5) is 76.9. The number of aromatic nitrogens is 1. The Morgan fingerprint density at radius 2 is 1.98 bits per heavy atom. The number of carboxylic acids is 3. The average Bonchev–Trinajstić information content (AvgIpc) is 3.36. The van der Waals surface area contributed by atoms with Crippen LogP contribution in [0.25, 0.3) is 0 Å². The van der Waals surface area contributed by atoms with Crippen molar-refractivity contribution in [2.45, 2.75) is 30.9 Å². The van der Waals surface area contributed by atoms with E-state index < -0.39 is 47.2 Å². The molecule has 0 radical (unpaired) electrons. The Morgan fingerprint density at radius 3 is 2.58 bits per heavy atom. The molecule has 4 heterocycles. The number of likely N-dealkylation sites (N-methyl/N-ethyl adjacent to an activating group) is 1. The summed E-state index contributed by atoms with van der Waals surface area (Å²) < 4.78 is 0. The highest BCUT2D eigenvalue weighted by atomic mass is 32.2. The summed E-state index contributed by atoms with van der Waals surface area (Å²) in [5.74, 6) is -4.94. The number of carboxylic acid groups (broad SMARTS) is 3. The van der Waals surface area contributed by atoms with E-state index in [4.69, 9.17) is 21.4 Å². The van der Waals surface area contributed by atoms with Crippen LogP contribution in [0.5, 0.6) is 0 Å². The second-order valence-electron chi connectivity index (χ2n) is 9.35. The number of amides is 2. The molecule has 3 atom stereocenters. The third-order valence-corrected chi connectivity index (χ3v) is 9.35. The zero-order valence-corrected chi connectivity index (χ0v) is 25.0. The Labute approximate surface area is 255 Å². The Kier molecular flexibility index (Phi) is 9.50. The summed E-state index contributed by atoms with van der Waals surface area (Å²) in [6.07, 6.45) is -1.26. The van der Waals surface area contributed by atoms with Gasteiger partial charge in [-0.15, -0.1) is 23.1 Å². The van der Waals surface area contributed by atoms with Gasteiger partial charge in [-0.25, -0.2) is 19.6 Å². The van der Waals surface area contributed by atoms with Gasteiger partial charge in [-0.2, -0.15) is 0 Å². The molecule has 0 aromatic carbocycles. The van der Waals surface area contributed by atoms with Gasteiger partial charge in [0.25, 0.3) is 11.8 Å². The molecule has 0 aliphatic carbocycles. The number of thiazole rings is 1. The van der Waals surface area contributed by atoms with E-state index in [1.165, 1.54) is 24.1 Å². The van der Waals surface area contributed by atoms with Crippen LogP contribution in [0.3, 0.4) is 0 Å². The quantitative estimate of drug-likeness (QED) is 0.0982. The van der Waals surface area contributed by atoms with Crippen LogP contribution in [0.15, 0.2) is 38.2 Å². The second-order valence-corrected chi connectivity index (χ2v) is 12.3. The molecule has 2 unspecified atom stereocenters. The predicted octanol–water partition coefficient (Wildman–Crippen LogP) is -0.663. The summed E-state index contributed by atoms with van der Waals surface area (Å²) >= 11 is 3.42. The minimum absolute atomic E-state index is 0.0168. The minimum atomic E-state index is -1.33. The lowest BCUT2D eigenvalue weighted by Gasteiger charge is -2.49. The van der Waals surface area contributed by atoms with E-state index in [-0.39, 0.29) is 58.1 Å². The molecule has 230 valence electrons. The summed E-state index contributed by atoms with van der Waals surface area (Å²) in [5, 5.41) is 35.8. The van der Waals surface area contributed by atoms with Gasteiger partial charge in [-0.1, -0.05) is 16.9 Å². The number of fused-ring (bicyclic) bond motifs is 1. The molecule has 1 aromatic heterocycles. The van der Waals surface area contributed by atoms with Gasteiger partial charge in [0.1, 0.15) is 34.7 Å². The lowest BCUT2D eigenvalue weighted by molar-refractivity contribution is -0.150. The summed E-state index contributed by atoms with van der Waals surface area (Å²) in [6, 6.07) is -1.09. The van der Waals surface area contributed by atoms with Gasteiger partial charge in [-0.05, 0) is 12.5 Å². The van der Waals surface area contributed by atoms with Gasteiger partial charge in [-0.3, -0.25) is 19.3 Å². The van der Waals surface area contributed by atoms with E-state index >= 15 is 0 Å². The maximum absolute atomic E-state index is 13.2. The number of nitrogen functional groups attached to an aromatic ring is 1. The molecular formula is C23H26N8O9S3. The first-order valence-electron chi connectivity index (χ1n) is 12.3. The fraction of sp³-hybridized carbons (Fsp3) is 0.391. The molecule has 1 aromatic rings. The maximum Gasteiger partial charge on any atom is 0.352 e. The maximum atomic E-state index is 13.2. The van der Waals surface area contributed by atoms with Crippen molar-refractivity contribution in [2.75, 3.05) is 30.8 Å². The van der Waals surface area contributed by atoms with Gasteiger partial charge >= 0.3 is 17.9 Å². The predicted molar refractivity (Wildman–Crippen MR) is 157 cm³/mol. The Bertz CT molecular complexity index is 1500. The van der Waals surface area contributed by atoms with Gasteiger partial charge in [0, 0.05) is 23.9 Å². The van der Waals surface area contributed by atoms with Crippen LogP contribution in [0.2, 0.25) is 0 Å². The van der Waals surface area contributed by atoms with Crippen molar-refractivity contribution in [3.63, 3.8) is 0 Å². The molecule has 0 bridgehead atoms. The normalized spacial score (nSPS) is 21.1. The van der Waals surface area contributed by atoms with Crippen molar-refractivity contribution >= 4 is 80.6 Å². The van der Waals surface area contributed by atoms with Crippen LogP contribution >= 0.6 is 34.9 Å². The number of carbonyl (C=O) groups excluding carboxylic acids is 2.